The molecule has 0 aliphatic rings. The van der Waals surface area contributed by atoms with Crippen LogP contribution in [0.4, 0.5) is 0 Å². The Morgan fingerprint density at radius 1 is 1.26 bits per heavy atom. The molecule has 3 aromatic rings. The standard InChI is InChI=1S/C17H17BN4O3.C2H6/c1-4-25-14(23)9-21-12-7-5-6-10(2)15(12)22(17(21)24)16-11(3)20-13(18)8-19-16;1-2/h5-8H,4,9H2,1-3H3;1-2H3. The molecule has 0 saturated heterocycles. The van der Waals surface area contributed by atoms with E-state index in [9.17, 15) is 9.59 Å². The fourth-order valence-corrected chi connectivity index (χ4v) is 2.87. The third-order valence-electron chi connectivity index (χ3n) is 3.90. The van der Waals surface area contributed by atoms with Gasteiger partial charge in [0, 0.05) is 11.8 Å². The van der Waals surface area contributed by atoms with Gasteiger partial charge in [0.15, 0.2) is 5.82 Å². The van der Waals surface area contributed by atoms with E-state index in [1.165, 1.54) is 15.3 Å². The number of aromatic nitrogens is 4. The molecule has 0 spiro atoms. The summed E-state index contributed by atoms with van der Waals surface area (Å²) in [6.07, 6.45) is 1.40. The number of rotatable bonds is 4. The van der Waals surface area contributed by atoms with Gasteiger partial charge in [0.2, 0.25) is 0 Å². The maximum Gasteiger partial charge on any atom is 0.335 e. The second-order valence-electron chi connectivity index (χ2n) is 5.66. The van der Waals surface area contributed by atoms with E-state index < -0.39 is 5.97 Å². The Hall–Kier alpha value is -2.90. The summed E-state index contributed by atoms with van der Waals surface area (Å²) in [7, 11) is 5.66. The molecule has 0 saturated carbocycles. The van der Waals surface area contributed by atoms with Gasteiger partial charge in [-0.3, -0.25) is 14.3 Å². The highest BCUT2D eigenvalue weighted by Crippen LogP contribution is 2.21. The second-order valence-corrected chi connectivity index (χ2v) is 5.66. The largest absolute Gasteiger partial charge is 0.465 e. The lowest BCUT2D eigenvalue weighted by atomic mass is 10.1. The van der Waals surface area contributed by atoms with Crippen LogP contribution in [0.2, 0.25) is 0 Å². The fourth-order valence-electron chi connectivity index (χ4n) is 2.87. The molecular formula is C19H23BN4O3. The minimum absolute atomic E-state index is 0.166. The van der Waals surface area contributed by atoms with Crippen LogP contribution in [-0.2, 0) is 16.1 Å². The average Bonchev–Trinajstić information content (AvgIpc) is 2.91. The Kier molecular flexibility index (Phi) is 6.55. The molecule has 140 valence electrons. The molecule has 0 fully saturated rings. The molecule has 3 rings (SSSR count). The number of para-hydroxylation sites is 1. The van der Waals surface area contributed by atoms with Crippen molar-refractivity contribution in [1.82, 2.24) is 19.1 Å². The number of esters is 1. The summed E-state index contributed by atoms with van der Waals surface area (Å²) in [5.74, 6) is -0.0774. The zero-order valence-corrected chi connectivity index (χ0v) is 16.3. The Labute approximate surface area is 159 Å². The summed E-state index contributed by atoms with van der Waals surface area (Å²) >= 11 is 0. The van der Waals surface area contributed by atoms with Crippen molar-refractivity contribution >= 4 is 30.4 Å². The van der Waals surface area contributed by atoms with Gasteiger partial charge in [-0.15, -0.1) is 0 Å². The normalized spacial score (nSPS) is 10.4. The van der Waals surface area contributed by atoms with Gasteiger partial charge in [0.05, 0.1) is 23.3 Å². The number of aryl methyl sites for hydroxylation is 2. The minimum Gasteiger partial charge on any atom is -0.465 e. The monoisotopic (exact) mass is 366 g/mol. The van der Waals surface area contributed by atoms with Crippen molar-refractivity contribution in [2.75, 3.05) is 6.61 Å². The molecule has 0 atom stereocenters. The van der Waals surface area contributed by atoms with Crippen LogP contribution in [0.3, 0.4) is 0 Å². The van der Waals surface area contributed by atoms with Gasteiger partial charge in [0.25, 0.3) is 0 Å². The summed E-state index contributed by atoms with van der Waals surface area (Å²) < 4.78 is 7.83. The fraction of sp³-hybridized carbons (Fsp3) is 0.368. The lowest BCUT2D eigenvalue weighted by Gasteiger charge is -2.07. The zero-order valence-electron chi connectivity index (χ0n) is 16.3. The van der Waals surface area contributed by atoms with Crippen molar-refractivity contribution in [2.45, 2.75) is 41.2 Å². The maximum absolute atomic E-state index is 13.0. The Morgan fingerprint density at radius 3 is 2.59 bits per heavy atom. The Bertz CT molecular complexity index is 1020. The third kappa shape index (κ3) is 3.94. The number of fused-ring (bicyclic) bond motifs is 1. The van der Waals surface area contributed by atoms with E-state index in [0.717, 1.165) is 5.56 Å². The molecule has 0 amide bonds. The molecule has 0 aliphatic carbocycles. The zero-order chi connectivity index (χ0) is 20.1. The summed E-state index contributed by atoms with van der Waals surface area (Å²) in [6.45, 7) is 9.45. The number of carbonyl (C=O) groups is 1. The van der Waals surface area contributed by atoms with Crippen molar-refractivity contribution in [3.8, 4) is 5.82 Å². The summed E-state index contributed by atoms with van der Waals surface area (Å²) in [5, 5.41) is 0. The van der Waals surface area contributed by atoms with Crippen LogP contribution < -0.4 is 11.3 Å². The first kappa shape index (κ1) is 20.4. The molecular weight excluding hydrogens is 343 g/mol. The molecule has 0 bridgehead atoms. The van der Waals surface area contributed by atoms with Crippen molar-refractivity contribution in [1.29, 1.82) is 0 Å². The molecule has 2 heterocycles. The summed E-state index contributed by atoms with van der Waals surface area (Å²) in [4.78, 5) is 33.4. The SMILES string of the molecule is CC.[B]c1cnc(-n2c(=O)n(CC(=O)OCC)c3cccc(C)c32)c(C)n1. The van der Waals surface area contributed by atoms with Gasteiger partial charge >= 0.3 is 11.7 Å². The molecule has 2 radical (unpaired) electrons. The number of benzene rings is 1. The van der Waals surface area contributed by atoms with E-state index in [1.807, 2.05) is 32.9 Å². The molecule has 8 heteroatoms. The third-order valence-corrected chi connectivity index (χ3v) is 3.90. The Balaban J connectivity index is 0.00000126. The number of imidazole rings is 1. The maximum atomic E-state index is 13.0. The van der Waals surface area contributed by atoms with Crippen LogP contribution in [-0.4, -0.2) is 39.5 Å². The topological polar surface area (TPSA) is 79.0 Å². The van der Waals surface area contributed by atoms with E-state index in [4.69, 9.17) is 12.6 Å². The van der Waals surface area contributed by atoms with Crippen LogP contribution in [0.1, 0.15) is 32.0 Å². The molecule has 0 N–H and O–H groups in total. The van der Waals surface area contributed by atoms with Crippen LogP contribution >= 0.6 is 0 Å². The van der Waals surface area contributed by atoms with E-state index in [1.54, 1.807) is 19.9 Å². The first-order valence-corrected chi connectivity index (χ1v) is 8.90. The minimum atomic E-state index is -0.467. The highest BCUT2D eigenvalue weighted by Gasteiger charge is 2.20. The molecule has 2 aromatic heterocycles. The molecule has 0 unspecified atom stereocenters. The predicted octanol–water partition coefficient (Wildman–Crippen LogP) is 1.58. The van der Waals surface area contributed by atoms with Crippen molar-refractivity contribution < 1.29 is 9.53 Å². The molecule has 27 heavy (non-hydrogen) atoms. The quantitative estimate of drug-likeness (QED) is 0.518. The van der Waals surface area contributed by atoms with Crippen molar-refractivity contribution in [3.05, 3.63) is 46.1 Å². The van der Waals surface area contributed by atoms with Crippen LogP contribution in [0.5, 0.6) is 0 Å². The first-order chi connectivity index (χ1) is 12.9. The van der Waals surface area contributed by atoms with Crippen molar-refractivity contribution in [3.63, 3.8) is 0 Å². The number of hydrogen-bond donors (Lipinski definition) is 0. The summed E-state index contributed by atoms with van der Waals surface area (Å²) in [6, 6.07) is 5.52. The number of carbonyl (C=O) groups excluding carboxylic acids is 1. The highest BCUT2D eigenvalue weighted by molar-refractivity contribution is 6.30. The van der Waals surface area contributed by atoms with Crippen LogP contribution in [0.25, 0.3) is 16.9 Å². The van der Waals surface area contributed by atoms with Gasteiger partial charge in [-0.05, 0) is 32.4 Å². The Morgan fingerprint density at radius 2 is 1.96 bits per heavy atom. The van der Waals surface area contributed by atoms with Gasteiger partial charge < -0.3 is 4.74 Å². The van der Waals surface area contributed by atoms with Gasteiger partial charge in [0.1, 0.15) is 14.4 Å². The van der Waals surface area contributed by atoms with Gasteiger partial charge in [-0.25, -0.2) is 14.3 Å². The van der Waals surface area contributed by atoms with E-state index in [-0.39, 0.29) is 24.4 Å². The number of hydrogen-bond acceptors (Lipinski definition) is 5. The summed E-state index contributed by atoms with van der Waals surface area (Å²) in [5.41, 5.74) is 2.63. The number of ether oxygens (including phenoxy) is 1. The molecule has 0 aliphatic heterocycles. The smallest absolute Gasteiger partial charge is 0.335 e. The van der Waals surface area contributed by atoms with E-state index in [2.05, 4.69) is 9.97 Å². The number of nitrogens with zero attached hydrogens (tertiary/aromatic N) is 4. The second kappa shape index (κ2) is 8.66. The molecule has 1 aromatic carbocycles. The highest BCUT2D eigenvalue weighted by atomic mass is 16.5. The van der Waals surface area contributed by atoms with Gasteiger partial charge in [-0.1, -0.05) is 26.0 Å². The van der Waals surface area contributed by atoms with E-state index in [0.29, 0.717) is 22.5 Å². The first-order valence-electron chi connectivity index (χ1n) is 8.90. The van der Waals surface area contributed by atoms with E-state index >= 15 is 0 Å². The van der Waals surface area contributed by atoms with Gasteiger partial charge in [-0.2, -0.15) is 0 Å². The lowest BCUT2D eigenvalue weighted by Crippen LogP contribution is -2.28. The average molecular weight is 366 g/mol. The molecule has 7 nitrogen and oxygen atoms in total. The van der Waals surface area contributed by atoms with Crippen LogP contribution in [0.15, 0.2) is 29.2 Å². The van der Waals surface area contributed by atoms with Crippen LogP contribution in [0, 0.1) is 13.8 Å². The predicted molar refractivity (Wildman–Crippen MR) is 106 cm³/mol. The lowest BCUT2D eigenvalue weighted by molar-refractivity contribution is -0.143. The van der Waals surface area contributed by atoms with Crippen molar-refractivity contribution in [2.24, 2.45) is 0 Å².